The molecule has 114 valence electrons. The Labute approximate surface area is 139 Å². The van der Waals surface area contributed by atoms with Crippen molar-refractivity contribution in [1.29, 1.82) is 0 Å². The van der Waals surface area contributed by atoms with Crippen LogP contribution in [0, 0.1) is 6.92 Å². The van der Waals surface area contributed by atoms with Crippen molar-refractivity contribution >= 4 is 32.6 Å². The lowest BCUT2D eigenvalue weighted by atomic mass is 9.92. The van der Waals surface area contributed by atoms with Gasteiger partial charge in [-0.15, -0.1) is 0 Å². The van der Waals surface area contributed by atoms with Gasteiger partial charge in [0.1, 0.15) is 5.52 Å². The molecule has 0 saturated carbocycles. The molecule has 0 N–H and O–H groups in total. The molecule has 0 aliphatic rings. The number of aryl methyl sites for hydroxylation is 1. The molecule has 0 spiro atoms. The van der Waals surface area contributed by atoms with Gasteiger partial charge < -0.3 is 4.42 Å². The molecule has 0 aliphatic heterocycles. The summed E-state index contributed by atoms with van der Waals surface area (Å²) in [7, 11) is 0. The van der Waals surface area contributed by atoms with E-state index in [0.717, 1.165) is 16.7 Å². The van der Waals surface area contributed by atoms with Gasteiger partial charge in [0.2, 0.25) is 5.89 Å². The number of rotatable bonds is 1. The molecule has 24 heavy (non-hydrogen) atoms. The number of hydrogen-bond acceptors (Lipinski definition) is 2. The van der Waals surface area contributed by atoms with E-state index in [-0.39, 0.29) is 0 Å². The molecule has 4 aromatic carbocycles. The van der Waals surface area contributed by atoms with Gasteiger partial charge in [-0.25, -0.2) is 4.98 Å². The summed E-state index contributed by atoms with van der Waals surface area (Å²) in [4.78, 5) is 4.73. The highest BCUT2D eigenvalue weighted by molar-refractivity contribution is 6.15. The molecule has 0 radical (unpaired) electrons. The smallest absolute Gasteiger partial charge is 0.228 e. The van der Waals surface area contributed by atoms with Gasteiger partial charge in [0.15, 0.2) is 5.58 Å². The predicted octanol–water partition coefficient (Wildman–Crippen LogP) is 6.11. The normalized spacial score (nSPS) is 11.5. The van der Waals surface area contributed by atoms with E-state index in [4.69, 9.17) is 9.40 Å². The van der Waals surface area contributed by atoms with E-state index in [1.807, 2.05) is 24.3 Å². The van der Waals surface area contributed by atoms with Gasteiger partial charge in [-0.1, -0.05) is 60.7 Å². The summed E-state index contributed by atoms with van der Waals surface area (Å²) in [5.74, 6) is 0.690. The lowest BCUT2D eigenvalue weighted by Crippen LogP contribution is -1.90. The average molecular weight is 309 g/mol. The van der Waals surface area contributed by atoms with Gasteiger partial charge in [-0.05, 0) is 46.2 Å². The molecule has 0 atom stereocenters. The van der Waals surface area contributed by atoms with Crippen molar-refractivity contribution in [2.75, 3.05) is 0 Å². The molecular formula is C22H15NO. The minimum Gasteiger partial charge on any atom is -0.436 e. The van der Waals surface area contributed by atoms with E-state index < -0.39 is 0 Å². The van der Waals surface area contributed by atoms with Crippen LogP contribution in [0.25, 0.3) is 44.1 Å². The van der Waals surface area contributed by atoms with Crippen LogP contribution in [0.2, 0.25) is 0 Å². The van der Waals surface area contributed by atoms with Crippen LogP contribution in [0.4, 0.5) is 0 Å². The number of hydrogen-bond donors (Lipinski definition) is 0. The third kappa shape index (κ3) is 1.80. The predicted molar refractivity (Wildman–Crippen MR) is 99.2 cm³/mol. The highest BCUT2D eigenvalue weighted by Gasteiger charge is 2.17. The van der Waals surface area contributed by atoms with Crippen molar-refractivity contribution in [2.24, 2.45) is 0 Å². The molecule has 5 aromatic rings. The van der Waals surface area contributed by atoms with Crippen molar-refractivity contribution in [1.82, 2.24) is 4.98 Å². The summed E-state index contributed by atoms with van der Waals surface area (Å²) in [6.45, 7) is 2.15. The topological polar surface area (TPSA) is 26.0 Å². The summed E-state index contributed by atoms with van der Waals surface area (Å²) >= 11 is 0. The third-order valence-corrected chi connectivity index (χ3v) is 4.70. The third-order valence-electron chi connectivity index (χ3n) is 4.70. The summed E-state index contributed by atoms with van der Waals surface area (Å²) in [6.07, 6.45) is 0. The van der Waals surface area contributed by atoms with Gasteiger partial charge >= 0.3 is 0 Å². The first-order valence-corrected chi connectivity index (χ1v) is 8.09. The molecule has 0 unspecified atom stereocenters. The number of nitrogens with zero attached hydrogens (tertiary/aromatic N) is 1. The van der Waals surface area contributed by atoms with E-state index in [0.29, 0.717) is 5.89 Å². The van der Waals surface area contributed by atoms with Gasteiger partial charge in [0, 0.05) is 5.56 Å². The highest BCUT2D eigenvalue weighted by atomic mass is 16.3. The Morgan fingerprint density at radius 1 is 0.667 bits per heavy atom. The van der Waals surface area contributed by atoms with E-state index in [1.54, 1.807) is 0 Å². The van der Waals surface area contributed by atoms with Crippen LogP contribution < -0.4 is 0 Å². The molecule has 2 heteroatoms. The van der Waals surface area contributed by atoms with E-state index in [2.05, 4.69) is 55.5 Å². The minimum absolute atomic E-state index is 0.690. The minimum atomic E-state index is 0.690. The first-order chi connectivity index (χ1) is 11.8. The van der Waals surface area contributed by atoms with Crippen molar-refractivity contribution in [3.63, 3.8) is 0 Å². The quantitative estimate of drug-likeness (QED) is 0.349. The van der Waals surface area contributed by atoms with E-state index in [9.17, 15) is 0 Å². The Morgan fingerprint density at radius 3 is 2.00 bits per heavy atom. The van der Waals surface area contributed by atoms with Crippen molar-refractivity contribution in [3.05, 3.63) is 78.4 Å². The fraction of sp³-hybridized carbons (Fsp3) is 0.0455. The maximum Gasteiger partial charge on any atom is 0.228 e. The second kappa shape index (κ2) is 4.93. The van der Waals surface area contributed by atoms with Crippen molar-refractivity contribution in [3.8, 4) is 11.5 Å². The summed E-state index contributed by atoms with van der Waals surface area (Å²) < 4.78 is 6.08. The van der Waals surface area contributed by atoms with Crippen molar-refractivity contribution in [2.45, 2.75) is 6.92 Å². The Balaban J connectivity index is 1.97. The first kappa shape index (κ1) is 13.3. The lowest BCUT2D eigenvalue weighted by Gasteiger charge is -2.12. The first-order valence-electron chi connectivity index (χ1n) is 8.09. The zero-order valence-electron chi connectivity index (χ0n) is 13.3. The van der Waals surface area contributed by atoms with E-state index in [1.165, 1.54) is 27.1 Å². The molecule has 0 fully saturated rings. The van der Waals surface area contributed by atoms with Crippen LogP contribution in [0.1, 0.15) is 5.56 Å². The van der Waals surface area contributed by atoms with Crippen molar-refractivity contribution < 1.29 is 4.42 Å². The fourth-order valence-electron chi connectivity index (χ4n) is 3.57. The number of fused-ring (bicyclic) bond motifs is 4. The van der Waals surface area contributed by atoms with Crippen LogP contribution >= 0.6 is 0 Å². The Morgan fingerprint density at radius 2 is 1.25 bits per heavy atom. The highest BCUT2D eigenvalue weighted by Crippen LogP contribution is 2.38. The zero-order valence-corrected chi connectivity index (χ0v) is 13.3. The van der Waals surface area contributed by atoms with Crippen LogP contribution in [-0.4, -0.2) is 4.98 Å². The number of aromatic nitrogens is 1. The summed E-state index contributed by atoms with van der Waals surface area (Å²) in [6, 6.07) is 24.9. The molecule has 0 amide bonds. The van der Waals surface area contributed by atoms with Gasteiger partial charge in [0.05, 0.1) is 0 Å². The Hall–Kier alpha value is -3.13. The molecule has 2 nitrogen and oxygen atoms in total. The van der Waals surface area contributed by atoms with Gasteiger partial charge in [-0.2, -0.15) is 0 Å². The SMILES string of the molecule is Cc1c(-c2nc3ccccc3o2)c2ccccc2c2ccccc12. The van der Waals surface area contributed by atoms with Crippen LogP contribution in [0.5, 0.6) is 0 Å². The largest absolute Gasteiger partial charge is 0.436 e. The van der Waals surface area contributed by atoms with Crippen LogP contribution in [0.3, 0.4) is 0 Å². The second-order valence-corrected chi connectivity index (χ2v) is 6.08. The van der Waals surface area contributed by atoms with Crippen LogP contribution in [0.15, 0.2) is 77.2 Å². The molecule has 5 rings (SSSR count). The Kier molecular flexibility index (Phi) is 2.74. The molecule has 0 bridgehead atoms. The summed E-state index contributed by atoms with van der Waals surface area (Å²) in [5, 5.41) is 4.93. The van der Waals surface area contributed by atoms with E-state index >= 15 is 0 Å². The maximum atomic E-state index is 6.08. The fourth-order valence-corrected chi connectivity index (χ4v) is 3.57. The number of benzene rings is 4. The van der Waals surface area contributed by atoms with Gasteiger partial charge in [-0.3, -0.25) is 0 Å². The lowest BCUT2D eigenvalue weighted by molar-refractivity contribution is 0.620. The molecule has 1 aromatic heterocycles. The zero-order chi connectivity index (χ0) is 16.1. The average Bonchev–Trinajstić information content (AvgIpc) is 3.06. The molecule has 0 saturated heterocycles. The molecular weight excluding hydrogens is 294 g/mol. The number of para-hydroxylation sites is 2. The summed E-state index contributed by atoms with van der Waals surface area (Å²) in [5.41, 5.74) is 4.00. The maximum absolute atomic E-state index is 6.08. The molecule has 0 aliphatic carbocycles. The Bertz CT molecular complexity index is 1180. The number of oxazole rings is 1. The second-order valence-electron chi connectivity index (χ2n) is 6.08. The standard InChI is InChI=1S/C22H15NO/c1-14-15-8-2-3-9-16(15)17-10-4-5-11-18(17)21(14)22-23-19-12-6-7-13-20(19)24-22/h2-13H,1H3. The van der Waals surface area contributed by atoms with Crippen LogP contribution in [-0.2, 0) is 0 Å². The van der Waals surface area contributed by atoms with Gasteiger partial charge in [0.25, 0.3) is 0 Å². The molecule has 1 heterocycles. The monoisotopic (exact) mass is 309 g/mol.